The van der Waals surface area contributed by atoms with E-state index < -0.39 is 0 Å². The summed E-state index contributed by atoms with van der Waals surface area (Å²) in [6, 6.07) is 25.2. The Morgan fingerprint density at radius 3 is 2.50 bits per heavy atom. The summed E-state index contributed by atoms with van der Waals surface area (Å²) >= 11 is 1.53. The van der Waals surface area contributed by atoms with Crippen molar-refractivity contribution in [3.63, 3.8) is 0 Å². The number of aromatic nitrogens is 2. The van der Waals surface area contributed by atoms with Crippen molar-refractivity contribution in [2.45, 2.75) is 0 Å². The second kappa shape index (κ2) is 7.43. The van der Waals surface area contributed by atoms with Gasteiger partial charge in [0.15, 0.2) is 5.69 Å². The number of fused-ring (bicyclic) bond motifs is 1. The third kappa shape index (κ3) is 3.20. The number of nitrogens with zero attached hydrogens (tertiary/aromatic N) is 3. The molecule has 0 aliphatic carbocycles. The minimum Gasteiger partial charge on any atom is -0.509 e. The summed E-state index contributed by atoms with van der Waals surface area (Å²) in [6.45, 7) is 7.10. The molecule has 0 fully saturated rings. The number of thiazole rings is 1. The molecule has 0 saturated heterocycles. The van der Waals surface area contributed by atoms with Crippen molar-refractivity contribution in [2.24, 2.45) is 0 Å². The summed E-state index contributed by atoms with van der Waals surface area (Å²) in [6.07, 6.45) is 1.79. The molecule has 4 nitrogen and oxygen atoms in total. The van der Waals surface area contributed by atoms with Crippen LogP contribution in [0, 0.1) is 6.57 Å². The Hall–Kier alpha value is -4.01. The zero-order valence-corrected chi connectivity index (χ0v) is 16.6. The Kier molecular flexibility index (Phi) is 4.47. The van der Waals surface area contributed by atoms with Crippen molar-refractivity contribution in [1.29, 1.82) is 0 Å². The molecule has 0 saturated carbocycles. The molecule has 0 bridgehead atoms. The van der Waals surface area contributed by atoms with Crippen LogP contribution >= 0.6 is 11.3 Å². The number of para-hydroxylation sites is 1. The fraction of sp³-hybridized carbons (Fsp3) is 0. The van der Waals surface area contributed by atoms with Crippen LogP contribution in [0.2, 0.25) is 0 Å². The van der Waals surface area contributed by atoms with Crippen molar-refractivity contribution in [2.75, 3.05) is 0 Å². The predicted octanol–water partition coefficient (Wildman–Crippen LogP) is 6.95. The van der Waals surface area contributed by atoms with Crippen LogP contribution in [0.1, 0.15) is 0 Å². The molecule has 0 amide bonds. The number of phenolic OH excluding ortho intramolecular Hbond substituents is 1. The standard InChI is InChI=1S/C25H15N3OS/c1-26-18-11-12-20(22(29)15-18)25-28-24-19(8-5-10-23(24)30-25)16-6-4-7-17(14-16)21-9-2-3-13-27-21/h2-15,29H. The molecule has 5 rings (SSSR count). The summed E-state index contributed by atoms with van der Waals surface area (Å²) in [4.78, 5) is 12.7. The number of phenols is 1. The molecule has 0 spiro atoms. The molecule has 1 N–H and O–H groups in total. The molecule has 2 aromatic heterocycles. The Balaban J connectivity index is 1.63. The van der Waals surface area contributed by atoms with Crippen molar-refractivity contribution in [3.8, 4) is 38.7 Å². The largest absolute Gasteiger partial charge is 0.509 e. The normalized spacial score (nSPS) is 10.8. The van der Waals surface area contributed by atoms with Crippen molar-refractivity contribution in [3.05, 3.63) is 96.5 Å². The van der Waals surface area contributed by atoms with E-state index in [0.717, 1.165) is 37.6 Å². The number of aromatic hydroxyl groups is 1. The quantitative estimate of drug-likeness (QED) is 0.330. The van der Waals surface area contributed by atoms with Crippen LogP contribution in [0.15, 0.2) is 85.1 Å². The zero-order valence-electron chi connectivity index (χ0n) is 15.8. The molecule has 2 heterocycles. The molecule has 0 unspecified atom stereocenters. The van der Waals surface area contributed by atoms with E-state index in [1.807, 2.05) is 36.4 Å². The van der Waals surface area contributed by atoms with Gasteiger partial charge in [-0.05, 0) is 35.9 Å². The minimum atomic E-state index is 0.0706. The first-order valence-electron chi connectivity index (χ1n) is 9.35. The van der Waals surface area contributed by atoms with E-state index in [1.54, 1.807) is 18.3 Å². The highest BCUT2D eigenvalue weighted by atomic mass is 32.1. The first-order valence-corrected chi connectivity index (χ1v) is 10.2. The van der Waals surface area contributed by atoms with E-state index in [0.29, 0.717) is 11.3 Å². The van der Waals surface area contributed by atoms with Gasteiger partial charge in [0.2, 0.25) is 0 Å². The van der Waals surface area contributed by atoms with E-state index in [4.69, 9.17) is 11.6 Å². The van der Waals surface area contributed by atoms with Gasteiger partial charge in [-0.15, -0.1) is 11.3 Å². The number of pyridine rings is 1. The SMILES string of the molecule is [C-]#[N+]c1ccc(-c2nc3c(-c4cccc(-c5ccccn5)c4)cccc3s2)c(O)c1. The fourth-order valence-electron chi connectivity index (χ4n) is 3.45. The first-order chi connectivity index (χ1) is 14.7. The van der Waals surface area contributed by atoms with Crippen LogP contribution in [0.25, 0.3) is 48.0 Å². The topological polar surface area (TPSA) is 50.4 Å². The Morgan fingerprint density at radius 2 is 1.70 bits per heavy atom. The zero-order chi connectivity index (χ0) is 20.5. The van der Waals surface area contributed by atoms with Gasteiger partial charge < -0.3 is 5.11 Å². The van der Waals surface area contributed by atoms with Gasteiger partial charge >= 0.3 is 0 Å². The number of rotatable bonds is 3. The summed E-state index contributed by atoms with van der Waals surface area (Å²) in [5.74, 6) is 0.0706. The smallest absolute Gasteiger partial charge is 0.190 e. The number of hydrogen-bond donors (Lipinski definition) is 1. The molecule has 5 heteroatoms. The van der Waals surface area contributed by atoms with Gasteiger partial charge in [0.25, 0.3) is 0 Å². The molecule has 0 aliphatic rings. The minimum absolute atomic E-state index is 0.0706. The lowest BCUT2D eigenvalue weighted by molar-refractivity contribution is 0.477. The highest BCUT2D eigenvalue weighted by Crippen LogP contribution is 2.40. The lowest BCUT2D eigenvalue weighted by Gasteiger charge is -2.06. The molecule has 30 heavy (non-hydrogen) atoms. The second-order valence-corrected chi connectivity index (χ2v) is 7.81. The van der Waals surface area contributed by atoms with Crippen LogP contribution in [0.5, 0.6) is 5.75 Å². The Bertz CT molecular complexity index is 1420. The van der Waals surface area contributed by atoms with Gasteiger partial charge in [-0.3, -0.25) is 4.98 Å². The maximum Gasteiger partial charge on any atom is 0.190 e. The molecular formula is C25H15N3OS. The van der Waals surface area contributed by atoms with E-state index in [9.17, 15) is 5.11 Å². The lowest BCUT2D eigenvalue weighted by Crippen LogP contribution is -1.85. The Morgan fingerprint density at radius 1 is 0.833 bits per heavy atom. The monoisotopic (exact) mass is 405 g/mol. The van der Waals surface area contributed by atoms with Crippen LogP contribution in [0.3, 0.4) is 0 Å². The van der Waals surface area contributed by atoms with E-state index in [-0.39, 0.29) is 5.75 Å². The first kappa shape index (κ1) is 18.0. The third-order valence-electron chi connectivity index (χ3n) is 4.89. The van der Waals surface area contributed by atoms with Gasteiger partial charge in [0.05, 0.1) is 22.5 Å². The van der Waals surface area contributed by atoms with Gasteiger partial charge in [-0.25, -0.2) is 9.83 Å². The molecule has 0 aliphatic heterocycles. The van der Waals surface area contributed by atoms with Crippen LogP contribution < -0.4 is 0 Å². The lowest BCUT2D eigenvalue weighted by atomic mass is 10.0. The summed E-state index contributed by atoms with van der Waals surface area (Å²) in [7, 11) is 0. The van der Waals surface area contributed by atoms with E-state index in [1.165, 1.54) is 17.4 Å². The summed E-state index contributed by atoms with van der Waals surface area (Å²) in [5, 5.41) is 11.1. The molecule has 3 aromatic carbocycles. The maximum absolute atomic E-state index is 10.4. The molecule has 0 radical (unpaired) electrons. The molecule has 142 valence electrons. The van der Waals surface area contributed by atoms with Crippen LogP contribution in [0.4, 0.5) is 5.69 Å². The third-order valence-corrected chi connectivity index (χ3v) is 5.95. The number of benzene rings is 3. The second-order valence-electron chi connectivity index (χ2n) is 6.78. The van der Waals surface area contributed by atoms with Crippen LogP contribution in [-0.2, 0) is 0 Å². The van der Waals surface area contributed by atoms with Crippen molar-refractivity contribution < 1.29 is 5.11 Å². The highest BCUT2D eigenvalue weighted by molar-refractivity contribution is 7.21. The summed E-state index contributed by atoms with van der Waals surface area (Å²) < 4.78 is 1.04. The summed E-state index contributed by atoms with van der Waals surface area (Å²) in [5.41, 5.74) is 6.01. The average molecular weight is 405 g/mol. The van der Waals surface area contributed by atoms with Gasteiger partial charge in [0, 0.05) is 22.9 Å². The van der Waals surface area contributed by atoms with Crippen molar-refractivity contribution >= 4 is 27.2 Å². The van der Waals surface area contributed by atoms with Gasteiger partial charge in [0.1, 0.15) is 10.8 Å². The van der Waals surface area contributed by atoms with Crippen LogP contribution in [-0.4, -0.2) is 15.1 Å². The van der Waals surface area contributed by atoms with E-state index >= 15 is 0 Å². The highest BCUT2D eigenvalue weighted by Gasteiger charge is 2.14. The van der Waals surface area contributed by atoms with Gasteiger partial charge in [-0.2, -0.15) is 0 Å². The van der Waals surface area contributed by atoms with Crippen molar-refractivity contribution in [1.82, 2.24) is 9.97 Å². The van der Waals surface area contributed by atoms with Gasteiger partial charge in [-0.1, -0.05) is 48.5 Å². The number of hydrogen-bond acceptors (Lipinski definition) is 4. The average Bonchev–Trinajstić information content (AvgIpc) is 3.23. The maximum atomic E-state index is 10.4. The molecular weight excluding hydrogens is 390 g/mol. The molecule has 5 aromatic rings. The predicted molar refractivity (Wildman–Crippen MR) is 122 cm³/mol. The Labute approximate surface area is 177 Å². The molecule has 0 atom stereocenters. The fourth-order valence-corrected chi connectivity index (χ4v) is 4.47. The van der Waals surface area contributed by atoms with E-state index in [2.05, 4.69) is 34.1 Å².